The molecular weight excluding hydrogens is 868 g/mol. The first-order valence-corrected chi connectivity index (χ1v) is 28.1. The van der Waals surface area contributed by atoms with Crippen molar-refractivity contribution in [1.29, 1.82) is 0 Å². The molecule has 0 atom stereocenters. The largest absolute Gasteiger partial charge is 0.507 e. The predicted octanol–water partition coefficient (Wildman–Crippen LogP) is 16.6. The van der Waals surface area contributed by atoms with E-state index in [0.29, 0.717) is 29.9 Å². The number of phenolic OH excluding ortho intramolecular Hbond substituents is 2. The summed E-state index contributed by atoms with van der Waals surface area (Å²) in [6, 6.07) is 8.93. The van der Waals surface area contributed by atoms with Gasteiger partial charge in [0.2, 0.25) is 0 Å². The normalized spacial score (nSPS) is 12.7. The molecule has 0 aliphatic carbocycles. The standard InChI is InChI=1S/C60H106N4O2.Co/c1-13-21-31-52(32-22-14-2)54-43-50(9)58(65)56(45-54)47-61-49-60(11,12)62-48-57-46-55(44-51(10)59(57)66)53(33-29-41-63(35-23-15-3,36-24-16-4)37-25-17-5)34-30-42-64(38-26-18-6,39-27-19-7)40-28-20-8;/h43-48,52-53H,13-42,49H2,1-12H3;/p+2. The van der Waals surface area contributed by atoms with Crippen LogP contribution < -0.4 is 0 Å². The van der Waals surface area contributed by atoms with Gasteiger partial charge >= 0.3 is 0 Å². The van der Waals surface area contributed by atoms with Crippen LogP contribution in [-0.2, 0) is 16.8 Å². The number of hydrogen-bond donors (Lipinski definition) is 2. The zero-order valence-electron chi connectivity index (χ0n) is 46.1. The topological polar surface area (TPSA) is 65.2 Å². The van der Waals surface area contributed by atoms with Gasteiger partial charge in [-0.3, -0.25) is 9.98 Å². The molecule has 0 saturated carbocycles. The zero-order chi connectivity index (χ0) is 48.9. The maximum atomic E-state index is 11.6. The average molecular weight is 976 g/mol. The molecule has 2 N–H and O–H groups in total. The van der Waals surface area contributed by atoms with E-state index in [0.717, 1.165) is 22.3 Å². The average Bonchev–Trinajstić information content (AvgIpc) is 3.30. The Hall–Kier alpha value is -2.19. The molecule has 387 valence electrons. The minimum Gasteiger partial charge on any atom is -0.507 e. The maximum Gasteiger partial charge on any atom is 0.127 e. The van der Waals surface area contributed by atoms with Crippen molar-refractivity contribution in [3.05, 3.63) is 57.6 Å². The van der Waals surface area contributed by atoms with E-state index in [1.54, 1.807) is 0 Å². The molecule has 0 heterocycles. The van der Waals surface area contributed by atoms with Crippen LogP contribution in [0.4, 0.5) is 0 Å². The summed E-state index contributed by atoms with van der Waals surface area (Å²) in [6.07, 6.45) is 31.4. The fourth-order valence-corrected chi connectivity index (χ4v) is 10.5. The van der Waals surface area contributed by atoms with E-state index in [2.05, 4.69) is 100 Å². The molecule has 2 aromatic rings. The van der Waals surface area contributed by atoms with Gasteiger partial charge < -0.3 is 19.2 Å². The molecular formula is C60H108CoN4O2+2. The van der Waals surface area contributed by atoms with Crippen LogP contribution >= 0.6 is 0 Å². The smallest absolute Gasteiger partial charge is 0.127 e. The van der Waals surface area contributed by atoms with Crippen molar-refractivity contribution in [2.24, 2.45) is 9.98 Å². The Morgan fingerprint density at radius 3 is 1.09 bits per heavy atom. The molecule has 0 bridgehead atoms. The molecule has 0 saturated heterocycles. The van der Waals surface area contributed by atoms with Crippen molar-refractivity contribution < 1.29 is 36.0 Å². The predicted molar refractivity (Wildman–Crippen MR) is 292 cm³/mol. The summed E-state index contributed by atoms with van der Waals surface area (Å²) in [5.74, 6) is 1.61. The quantitative estimate of drug-likeness (QED) is 0.0518. The third-order valence-electron chi connectivity index (χ3n) is 15.0. The van der Waals surface area contributed by atoms with Gasteiger partial charge in [0.05, 0.1) is 64.4 Å². The van der Waals surface area contributed by atoms with Crippen molar-refractivity contribution in [3.63, 3.8) is 0 Å². The Labute approximate surface area is 426 Å². The van der Waals surface area contributed by atoms with Gasteiger partial charge in [0.1, 0.15) is 11.5 Å². The Balaban J connectivity index is 0.0000224. The van der Waals surface area contributed by atoms with E-state index in [1.807, 2.05) is 19.4 Å². The Kier molecular flexibility index (Phi) is 32.8. The summed E-state index contributed by atoms with van der Waals surface area (Å²) >= 11 is 0. The summed E-state index contributed by atoms with van der Waals surface area (Å²) in [7, 11) is 0. The number of nitrogens with zero attached hydrogens (tertiary/aromatic N) is 4. The number of aliphatic imine (C=N–C) groups is 2. The van der Waals surface area contributed by atoms with Gasteiger partial charge in [-0.25, -0.2) is 0 Å². The molecule has 0 aliphatic heterocycles. The molecule has 0 unspecified atom stereocenters. The summed E-state index contributed by atoms with van der Waals surface area (Å²) in [5, 5.41) is 22.7. The molecule has 2 aromatic carbocycles. The van der Waals surface area contributed by atoms with Gasteiger partial charge in [-0.2, -0.15) is 0 Å². The van der Waals surface area contributed by atoms with E-state index < -0.39 is 5.54 Å². The van der Waals surface area contributed by atoms with Crippen LogP contribution in [0.2, 0.25) is 0 Å². The summed E-state index contributed by atoms with van der Waals surface area (Å²) in [4.78, 5) is 10.00. The van der Waals surface area contributed by atoms with Crippen molar-refractivity contribution in [3.8, 4) is 11.5 Å². The SMILES string of the molecule is CCCCC(CCCC)c1cc(C)c(O)c(C=NCC(C)(C)N=Cc2cc(C(CCC[N+](CCCC)(CCCC)CCCC)CCC[N+](CCCC)(CCCC)CCCC)cc(C)c2O)c1.[Co]. The van der Waals surface area contributed by atoms with Crippen molar-refractivity contribution >= 4 is 12.4 Å². The number of benzene rings is 2. The first kappa shape index (κ1) is 62.8. The Morgan fingerprint density at radius 1 is 0.463 bits per heavy atom. The number of aryl methyl sites for hydroxylation is 2. The van der Waals surface area contributed by atoms with Crippen molar-refractivity contribution in [1.82, 2.24) is 0 Å². The van der Waals surface area contributed by atoms with E-state index in [9.17, 15) is 10.2 Å². The van der Waals surface area contributed by atoms with Gasteiger partial charge in [0, 0.05) is 40.3 Å². The molecule has 67 heavy (non-hydrogen) atoms. The zero-order valence-corrected chi connectivity index (χ0v) is 47.1. The van der Waals surface area contributed by atoms with Crippen LogP contribution in [0, 0.1) is 13.8 Å². The minimum absolute atomic E-state index is 0. The fraction of sp³-hybridized carbons (Fsp3) is 0.767. The van der Waals surface area contributed by atoms with Crippen LogP contribution in [0.15, 0.2) is 34.3 Å². The monoisotopic (exact) mass is 976 g/mol. The summed E-state index contributed by atoms with van der Waals surface area (Å²) < 4.78 is 2.58. The van der Waals surface area contributed by atoms with Gasteiger partial charge in [0.25, 0.3) is 0 Å². The second kappa shape index (κ2) is 35.0. The first-order valence-electron chi connectivity index (χ1n) is 28.1. The molecule has 2 rings (SSSR count). The van der Waals surface area contributed by atoms with E-state index in [1.165, 1.54) is 214 Å². The van der Waals surface area contributed by atoms with Gasteiger partial charge in [0.15, 0.2) is 0 Å². The number of aromatic hydroxyl groups is 2. The third kappa shape index (κ3) is 23.1. The van der Waals surface area contributed by atoms with Gasteiger partial charge in [-0.05, 0) is 151 Å². The number of phenols is 2. The summed E-state index contributed by atoms with van der Waals surface area (Å²) in [6.45, 7) is 37.9. The van der Waals surface area contributed by atoms with Crippen molar-refractivity contribution in [2.45, 2.75) is 242 Å². The molecule has 7 heteroatoms. The van der Waals surface area contributed by atoms with E-state index in [-0.39, 0.29) is 16.8 Å². The number of rotatable bonds is 39. The molecule has 1 radical (unpaired) electrons. The molecule has 0 aromatic heterocycles. The van der Waals surface area contributed by atoms with Crippen LogP contribution in [0.3, 0.4) is 0 Å². The molecule has 0 fully saturated rings. The van der Waals surface area contributed by atoms with Crippen molar-refractivity contribution in [2.75, 3.05) is 58.9 Å². The minimum atomic E-state index is -0.493. The van der Waals surface area contributed by atoms with Crippen LogP contribution in [0.1, 0.15) is 256 Å². The van der Waals surface area contributed by atoms with Crippen LogP contribution in [0.5, 0.6) is 11.5 Å². The van der Waals surface area contributed by atoms with E-state index in [4.69, 9.17) is 9.98 Å². The summed E-state index contributed by atoms with van der Waals surface area (Å²) in [5.41, 5.74) is 5.66. The maximum absolute atomic E-state index is 11.6. The Morgan fingerprint density at radius 2 is 0.761 bits per heavy atom. The second-order valence-electron chi connectivity index (χ2n) is 21.6. The number of hydrogen-bond acceptors (Lipinski definition) is 4. The molecule has 0 amide bonds. The Bertz CT molecular complexity index is 1560. The van der Waals surface area contributed by atoms with E-state index >= 15 is 0 Å². The van der Waals surface area contributed by atoms with Crippen LogP contribution in [0.25, 0.3) is 0 Å². The second-order valence-corrected chi connectivity index (χ2v) is 21.6. The van der Waals surface area contributed by atoms with Gasteiger partial charge in [-0.1, -0.05) is 132 Å². The number of quaternary nitrogens is 2. The van der Waals surface area contributed by atoms with Crippen LogP contribution in [-0.4, -0.2) is 96.1 Å². The molecule has 6 nitrogen and oxygen atoms in total. The molecule has 0 spiro atoms. The van der Waals surface area contributed by atoms with Gasteiger partial charge in [-0.15, -0.1) is 0 Å². The number of unbranched alkanes of at least 4 members (excludes halogenated alkanes) is 8. The molecule has 0 aliphatic rings. The third-order valence-corrected chi connectivity index (χ3v) is 15.0. The first-order chi connectivity index (χ1) is 31.7. The fourth-order valence-electron chi connectivity index (χ4n) is 10.5.